The van der Waals surface area contributed by atoms with Crippen LogP contribution in [0.5, 0.6) is 0 Å². The van der Waals surface area contributed by atoms with Gasteiger partial charge in [0.1, 0.15) is 6.61 Å². The van der Waals surface area contributed by atoms with Crippen molar-refractivity contribution >= 4 is 27.9 Å². The van der Waals surface area contributed by atoms with E-state index in [-0.39, 0.29) is 12.5 Å². The summed E-state index contributed by atoms with van der Waals surface area (Å²) in [6.45, 7) is 0.0678. The summed E-state index contributed by atoms with van der Waals surface area (Å²) >= 11 is 3.36. The second-order valence-electron chi connectivity index (χ2n) is 3.07. The van der Waals surface area contributed by atoms with Gasteiger partial charge in [0.05, 0.1) is 0 Å². The fourth-order valence-electron chi connectivity index (χ4n) is 1.32. The highest BCUT2D eigenvalue weighted by atomic mass is 79.9. The molecule has 1 fully saturated rings. The van der Waals surface area contributed by atoms with E-state index in [0.29, 0.717) is 0 Å². The molecule has 0 spiro atoms. The van der Waals surface area contributed by atoms with E-state index in [1.54, 1.807) is 0 Å². The van der Waals surface area contributed by atoms with Crippen LogP contribution in [0.25, 0.3) is 0 Å². The minimum absolute atomic E-state index is 0.0678. The van der Waals surface area contributed by atoms with Crippen molar-refractivity contribution in [2.45, 2.75) is 6.29 Å². The first-order chi connectivity index (χ1) is 7.66. The van der Waals surface area contributed by atoms with Crippen molar-refractivity contribution in [1.82, 2.24) is 0 Å². The Balaban J connectivity index is 2.15. The minimum Gasteiger partial charge on any atom is -0.463 e. The van der Waals surface area contributed by atoms with Crippen molar-refractivity contribution in [2.24, 2.45) is 4.99 Å². The summed E-state index contributed by atoms with van der Waals surface area (Å²) in [6, 6.07) is 7.40. The maximum absolute atomic E-state index is 10.3. The molecule has 1 aliphatic heterocycles. The van der Waals surface area contributed by atoms with Gasteiger partial charge in [0.2, 0.25) is 12.2 Å². The molecule has 0 aromatic heterocycles. The second-order valence-corrected chi connectivity index (χ2v) is 3.92. The van der Waals surface area contributed by atoms with Crippen molar-refractivity contribution in [3.63, 3.8) is 0 Å². The number of halogens is 1. The highest BCUT2D eigenvalue weighted by Crippen LogP contribution is 2.30. The number of hydrogen-bond donors (Lipinski definition) is 1. The molecule has 1 unspecified atom stereocenters. The topological polar surface area (TPSA) is 68.1 Å². The molecule has 1 aliphatic rings. The lowest BCUT2D eigenvalue weighted by Crippen LogP contribution is -2.03. The molecular weight excluding hydrogens is 278 g/mol. The molecule has 0 aliphatic carbocycles. The molecule has 0 bridgehead atoms. The maximum Gasteiger partial charge on any atom is 0.434 e. The molecule has 1 amide bonds. The molecule has 0 radical (unpaired) electrons. The van der Waals surface area contributed by atoms with Crippen LogP contribution in [0.4, 0.5) is 4.79 Å². The third kappa shape index (κ3) is 2.40. The van der Waals surface area contributed by atoms with Gasteiger partial charge in [-0.2, -0.15) is 0 Å². The van der Waals surface area contributed by atoms with Gasteiger partial charge in [-0.3, -0.25) is 0 Å². The first-order valence-electron chi connectivity index (χ1n) is 4.50. The summed E-state index contributed by atoms with van der Waals surface area (Å²) in [4.78, 5) is 13.6. The first-order valence-corrected chi connectivity index (χ1v) is 5.29. The molecule has 84 valence electrons. The van der Waals surface area contributed by atoms with Crippen molar-refractivity contribution in [3.05, 3.63) is 34.3 Å². The van der Waals surface area contributed by atoms with Gasteiger partial charge in [-0.05, 0) is 6.07 Å². The normalized spacial score (nSPS) is 22.1. The van der Waals surface area contributed by atoms with Crippen LogP contribution in [0.2, 0.25) is 0 Å². The molecule has 1 saturated heterocycles. The van der Waals surface area contributed by atoms with Gasteiger partial charge in [0.25, 0.3) is 0 Å². The quantitative estimate of drug-likeness (QED) is 0.861. The van der Waals surface area contributed by atoms with Crippen LogP contribution in [0.3, 0.4) is 0 Å². The van der Waals surface area contributed by atoms with Crippen molar-refractivity contribution in [3.8, 4) is 0 Å². The van der Waals surface area contributed by atoms with Gasteiger partial charge in [-0.1, -0.05) is 34.1 Å². The summed E-state index contributed by atoms with van der Waals surface area (Å²) in [6.07, 6.45) is -1.89. The zero-order chi connectivity index (χ0) is 11.5. The third-order valence-electron chi connectivity index (χ3n) is 1.98. The predicted molar refractivity (Wildman–Crippen MR) is 59.4 cm³/mol. The Kier molecular flexibility index (Phi) is 3.21. The third-order valence-corrected chi connectivity index (χ3v) is 2.70. The average molecular weight is 286 g/mol. The molecule has 1 aromatic rings. The Hall–Kier alpha value is -1.40. The lowest BCUT2D eigenvalue weighted by molar-refractivity contribution is -0.0250. The smallest absolute Gasteiger partial charge is 0.434 e. The number of aliphatic imine (C=N–C) groups is 1. The van der Waals surface area contributed by atoms with E-state index in [9.17, 15) is 4.79 Å². The number of carboxylic acid groups (broad SMARTS) is 1. The van der Waals surface area contributed by atoms with E-state index in [0.717, 1.165) is 10.0 Å². The van der Waals surface area contributed by atoms with Crippen LogP contribution in [0, 0.1) is 0 Å². The molecule has 2 rings (SSSR count). The van der Waals surface area contributed by atoms with Crippen LogP contribution >= 0.6 is 15.9 Å². The highest BCUT2D eigenvalue weighted by Gasteiger charge is 2.26. The zero-order valence-corrected chi connectivity index (χ0v) is 9.68. The molecular formula is C10H8BrNO4. The molecule has 1 N–H and O–H groups in total. The Bertz CT molecular complexity index is 446. The van der Waals surface area contributed by atoms with E-state index >= 15 is 0 Å². The minimum atomic E-state index is -1.29. The summed E-state index contributed by atoms with van der Waals surface area (Å²) in [5.74, 6) is 0.0771. The Morgan fingerprint density at radius 2 is 2.25 bits per heavy atom. The molecule has 1 heterocycles. The molecule has 1 atom stereocenters. The Morgan fingerprint density at radius 3 is 2.94 bits per heavy atom. The van der Waals surface area contributed by atoms with E-state index in [1.165, 1.54) is 0 Å². The number of benzene rings is 1. The van der Waals surface area contributed by atoms with Gasteiger partial charge in [-0.15, -0.1) is 4.99 Å². The van der Waals surface area contributed by atoms with Crippen LogP contribution in [-0.4, -0.2) is 23.7 Å². The fourth-order valence-corrected chi connectivity index (χ4v) is 1.80. The SMILES string of the molecule is O=C(O)N=C1COC(c2ccccc2Br)O1. The molecule has 5 nitrogen and oxygen atoms in total. The van der Waals surface area contributed by atoms with Gasteiger partial charge in [-0.25, -0.2) is 4.79 Å². The van der Waals surface area contributed by atoms with Crippen LogP contribution < -0.4 is 0 Å². The van der Waals surface area contributed by atoms with E-state index in [4.69, 9.17) is 14.6 Å². The lowest BCUT2D eigenvalue weighted by atomic mass is 10.2. The Labute approximate surface area is 99.8 Å². The summed E-state index contributed by atoms with van der Waals surface area (Å²) < 4.78 is 11.4. The number of nitrogens with zero attached hydrogens (tertiary/aromatic N) is 1. The molecule has 6 heteroatoms. The van der Waals surface area contributed by atoms with E-state index in [1.807, 2.05) is 24.3 Å². The monoisotopic (exact) mass is 285 g/mol. The van der Waals surface area contributed by atoms with Gasteiger partial charge >= 0.3 is 6.09 Å². The molecule has 16 heavy (non-hydrogen) atoms. The lowest BCUT2D eigenvalue weighted by Gasteiger charge is -2.10. The number of amides is 1. The van der Waals surface area contributed by atoms with Crippen molar-refractivity contribution in [2.75, 3.05) is 6.61 Å². The van der Waals surface area contributed by atoms with Crippen LogP contribution in [0.15, 0.2) is 33.7 Å². The van der Waals surface area contributed by atoms with E-state index in [2.05, 4.69) is 20.9 Å². The molecule has 1 aromatic carbocycles. The second kappa shape index (κ2) is 4.63. The van der Waals surface area contributed by atoms with Gasteiger partial charge in [0.15, 0.2) is 0 Å². The highest BCUT2D eigenvalue weighted by molar-refractivity contribution is 9.10. The number of ether oxygens (including phenoxy) is 2. The van der Waals surface area contributed by atoms with Crippen molar-refractivity contribution in [1.29, 1.82) is 0 Å². The maximum atomic E-state index is 10.3. The predicted octanol–water partition coefficient (Wildman–Crippen LogP) is 2.57. The summed E-state index contributed by atoms with van der Waals surface area (Å²) in [5.41, 5.74) is 0.804. The van der Waals surface area contributed by atoms with Gasteiger partial charge in [0, 0.05) is 10.0 Å². The van der Waals surface area contributed by atoms with Crippen LogP contribution in [0.1, 0.15) is 11.9 Å². The summed E-state index contributed by atoms with van der Waals surface area (Å²) in [7, 11) is 0. The number of hydrogen-bond acceptors (Lipinski definition) is 3. The van der Waals surface area contributed by atoms with Crippen molar-refractivity contribution < 1.29 is 19.4 Å². The van der Waals surface area contributed by atoms with Crippen LogP contribution in [-0.2, 0) is 9.47 Å². The standard InChI is InChI=1S/C10H8BrNO4/c11-7-4-2-1-3-6(7)9-15-5-8(16-9)12-10(13)14/h1-4,9H,5H2,(H,13,14). The first kappa shape index (κ1) is 11.1. The van der Waals surface area contributed by atoms with Gasteiger partial charge < -0.3 is 14.6 Å². The molecule has 0 saturated carbocycles. The largest absolute Gasteiger partial charge is 0.463 e. The van der Waals surface area contributed by atoms with E-state index < -0.39 is 12.4 Å². The number of rotatable bonds is 1. The Morgan fingerprint density at radius 1 is 1.50 bits per heavy atom. The zero-order valence-electron chi connectivity index (χ0n) is 8.09. The summed E-state index contributed by atoms with van der Waals surface area (Å²) in [5, 5.41) is 8.45. The average Bonchev–Trinajstić information content (AvgIpc) is 2.66. The number of carbonyl (C=O) groups is 1. The fraction of sp³-hybridized carbons (Fsp3) is 0.200.